The number of rotatable bonds is 8. The molecule has 3 N–H and O–H groups in total. The summed E-state index contributed by atoms with van der Waals surface area (Å²) in [4.78, 5) is 0. The molecule has 0 radical (unpaired) electrons. The van der Waals surface area contributed by atoms with E-state index >= 15 is 0 Å². The van der Waals surface area contributed by atoms with Gasteiger partial charge in [-0.15, -0.1) is 6.58 Å². The van der Waals surface area contributed by atoms with Gasteiger partial charge in [-0.2, -0.15) is 0 Å². The van der Waals surface area contributed by atoms with Crippen molar-refractivity contribution in [3.05, 3.63) is 70.8 Å². The molecule has 2 aromatic rings. The van der Waals surface area contributed by atoms with Crippen LogP contribution in [0.4, 0.5) is 0 Å². The summed E-state index contributed by atoms with van der Waals surface area (Å²) in [5, 5.41) is 24.1. The number of aliphatic hydroxyl groups excluding tert-OH is 1. The molecule has 1 atom stereocenters. The van der Waals surface area contributed by atoms with Crippen LogP contribution >= 0.6 is 11.6 Å². The first kappa shape index (κ1) is 18.3. The molecular weight excluding hydrogens is 326 g/mol. The second-order valence-electron chi connectivity index (χ2n) is 5.47. The van der Waals surface area contributed by atoms with E-state index in [0.717, 1.165) is 11.1 Å². The maximum Gasteiger partial charge on any atom is 0.161 e. The number of allylic oxidation sites excluding steroid dienone is 1. The highest BCUT2D eigenvalue weighted by molar-refractivity contribution is 6.31. The molecule has 0 aliphatic heterocycles. The fourth-order valence-electron chi connectivity index (χ4n) is 2.51. The normalized spacial score (nSPS) is 12.0. The number of hydrogen-bond acceptors (Lipinski definition) is 4. The Balaban J connectivity index is 2.02. The smallest absolute Gasteiger partial charge is 0.161 e. The van der Waals surface area contributed by atoms with E-state index in [9.17, 15) is 10.2 Å². The Morgan fingerprint density at radius 2 is 2.08 bits per heavy atom. The number of methoxy groups -OCH3 is 1. The molecule has 24 heavy (non-hydrogen) atoms. The Hall–Kier alpha value is -2.01. The highest BCUT2D eigenvalue weighted by atomic mass is 35.5. The van der Waals surface area contributed by atoms with Gasteiger partial charge in [-0.3, -0.25) is 0 Å². The number of aliphatic hydroxyl groups is 1. The van der Waals surface area contributed by atoms with Crippen LogP contribution in [0.15, 0.2) is 49.1 Å². The summed E-state index contributed by atoms with van der Waals surface area (Å²) in [5.41, 5.74) is 2.41. The zero-order valence-corrected chi connectivity index (χ0v) is 14.4. The third-order valence-corrected chi connectivity index (χ3v) is 4.07. The fourth-order valence-corrected chi connectivity index (χ4v) is 2.77. The highest BCUT2D eigenvalue weighted by Crippen LogP contribution is 2.32. The van der Waals surface area contributed by atoms with Crippen LogP contribution in [0.2, 0.25) is 5.02 Å². The van der Waals surface area contributed by atoms with E-state index in [2.05, 4.69) is 11.9 Å². The van der Waals surface area contributed by atoms with Crippen molar-refractivity contribution in [2.75, 3.05) is 13.7 Å². The SMILES string of the molecule is C=CCc1cc(CNCC(O)c2ccccc2Cl)cc(OC)c1O. The summed E-state index contributed by atoms with van der Waals surface area (Å²) in [6.45, 7) is 4.59. The minimum atomic E-state index is -0.689. The molecule has 1 unspecified atom stereocenters. The van der Waals surface area contributed by atoms with Crippen molar-refractivity contribution in [1.82, 2.24) is 5.32 Å². The molecular formula is C19H22ClNO3. The van der Waals surface area contributed by atoms with Crippen LogP contribution in [0.1, 0.15) is 22.8 Å². The number of nitrogens with one attached hydrogen (secondary N) is 1. The molecule has 0 fully saturated rings. The van der Waals surface area contributed by atoms with E-state index in [-0.39, 0.29) is 5.75 Å². The summed E-state index contributed by atoms with van der Waals surface area (Å²) >= 11 is 6.09. The molecule has 0 saturated heterocycles. The zero-order valence-electron chi connectivity index (χ0n) is 13.6. The first-order valence-electron chi connectivity index (χ1n) is 7.69. The van der Waals surface area contributed by atoms with Gasteiger partial charge in [0.15, 0.2) is 11.5 Å². The molecule has 0 aromatic heterocycles. The molecule has 2 aromatic carbocycles. The van der Waals surface area contributed by atoms with Crippen LogP contribution < -0.4 is 10.1 Å². The van der Waals surface area contributed by atoms with Crippen LogP contribution in [0, 0.1) is 0 Å². The summed E-state index contributed by atoms with van der Waals surface area (Å²) in [6.07, 6.45) is 1.59. The standard InChI is InChI=1S/C19H22ClNO3/c1-3-6-14-9-13(10-18(24-2)19(14)23)11-21-12-17(22)15-7-4-5-8-16(15)20/h3-5,7-10,17,21-23H,1,6,11-12H2,2H3. The number of ether oxygens (including phenoxy) is 1. The van der Waals surface area contributed by atoms with Gasteiger partial charge in [0.25, 0.3) is 0 Å². The van der Waals surface area contributed by atoms with E-state index < -0.39 is 6.10 Å². The third-order valence-electron chi connectivity index (χ3n) is 3.73. The Labute approximate surface area is 147 Å². The molecule has 0 aliphatic carbocycles. The van der Waals surface area contributed by atoms with Gasteiger partial charge in [0, 0.05) is 29.2 Å². The number of phenols is 1. The van der Waals surface area contributed by atoms with Crippen LogP contribution in [0.3, 0.4) is 0 Å². The minimum Gasteiger partial charge on any atom is -0.504 e. The summed E-state index contributed by atoms with van der Waals surface area (Å²) in [6, 6.07) is 10.9. The molecule has 0 saturated carbocycles. The average Bonchev–Trinajstić information content (AvgIpc) is 2.58. The van der Waals surface area contributed by atoms with Crippen molar-refractivity contribution in [2.24, 2.45) is 0 Å². The lowest BCUT2D eigenvalue weighted by Gasteiger charge is -2.15. The lowest BCUT2D eigenvalue weighted by Crippen LogP contribution is -2.21. The first-order valence-corrected chi connectivity index (χ1v) is 8.07. The summed E-state index contributed by atoms with van der Waals surface area (Å²) in [7, 11) is 1.52. The van der Waals surface area contributed by atoms with Gasteiger partial charge in [0.1, 0.15) is 0 Å². The first-order chi connectivity index (χ1) is 11.6. The van der Waals surface area contributed by atoms with Gasteiger partial charge in [-0.05, 0) is 24.1 Å². The Morgan fingerprint density at radius 3 is 2.75 bits per heavy atom. The van der Waals surface area contributed by atoms with Crippen molar-refractivity contribution < 1.29 is 14.9 Å². The van der Waals surface area contributed by atoms with E-state index in [4.69, 9.17) is 16.3 Å². The van der Waals surface area contributed by atoms with Crippen LogP contribution in [-0.2, 0) is 13.0 Å². The maximum absolute atomic E-state index is 10.2. The second kappa shape index (κ2) is 8.73. The number of halogens is 1. The minimum absolute atomic E-state index is 0.136. The molecule has 128 valence electrons. The van der Waals surface area contributed by atoms with Crippen LogP contribution in [0.5, 0.6) is 11.5 Å². The van der Waals surface area contributed by atoms with Crippen LogP contribution in [-0.4, -0.2) is 23.9 Å². The quantitative estimate of drug-likeness (QED) is 0.638. The van der Waals surface area contributed by atoms with Crippen molar-refractivity contribution in [3.8, 4) is 11.5 Å². The Bertz CT molecular complexity index is 703. The fraction of sp³-hybridized carbons (Fsp3) is 0.263. The van der Waals surface area contributed by atoms with Crippen molar-refractivity contribution in [2.45, 2.75) is 19.1 Å². The highest BCUT2D eigenvalue weighted by Gasteiger charge is 2.12. The average molecular weight is 348 g/mol. The van der Waals surface area contributed by atoms with Crippen LogP contribution in [0.25, 0.3) is 0 Å². The molecule has 2 rings (SSSR count). The third kappa shape index (κ3) is 4.51. The van der Waals surface area contributed by atoms with Crippen molar-refractivity contribution in [3.63, 3.8) is 0 Å². The monoisotopic (exact) mass is 347 g/mol. The molecule has 4 nitrogen and oxygen atoms in total. The summed E-state index contributed by atoms with van der Waals surface area (Å²) in [5.74, 6) is 0.565. The number of hydrogen-bond donors (Lipinski definition) is 3. The van der Waals surface area contributed by atoms with Gasteiger partial charge in [0.2, 0.25) is 0 Å². The lowest BCUT2D eigenvalue weighted by atomic mass is 10.1. The molecule has 5 heteroatoms. The van der Waals surface area contributed by atoms with Crippen molar-refractivity contribution >= 4 is 11.6 Å². The topological polar surface area (TPSA) is 61.7 Å². The maximum atomic E-state index is 10.2. The van der Waals surface area contributed by atoms with Gasteiger partial charge < -0.3 is 20.3 Å². The molecule has 0 heterocycles. The molecule has 0 amide bonds. The number of benzene rings is 2. The molecule has 0 spiro atoms. The zero-order chi connectivity index (χ0) is 17.5. The number of aromatic hydroxyl groups is 1. The Morgan fingerprint density at radius 1 is 1.33 bits per heavy atom. The van der Waals surface area contributed by atoms with E-state index in [1.165, 1.54) is 7.11 Å². The van der Waals surface area contributed by atoms with E-state index in [0.29, 0.717) is 35.8 Å². The molecule has 0 bridgehead atoms. The van der Waals surface area contributed by atoms with Crippen molar-refractivity contribution in [1.29, 1.82) is 0 Å². The van der Waals surface area contributed by atoms with E-state index in [1.807, 2.05) is 18.2 Å². The van der Waals surface area contributed by atoms with Gasteiger partial charge in [0.05, 0.1) is 13.2 Å². The predicted octanol–water partition coefficient (Wildman–Crippen LogP) is 3.61. The number of phenolic OH excluding ortho intramolecular Hbond substituents is 1. The molecule has 0 aliphatic rings. The van der Waals surface area contributed by atoms with E-state index in [1.54, 1.807) is 24.3 Å². The van der Waals surface area contributed by atoms with Gasteiger partial charge in [-0.25, -0.2) is 0 Å². The Kier molecular flexibility index (Phi) is 6.67. The van der Waals surface area contributed by atoms with Gasteiger partial charge in [-0.1, -0.05) is 41.9 Å². The summed E-state index contributed by atoms with van der Waals surface area (Å²) < 4.78 is 5.21. The lowest BCUT2D eigenvalue weighted by molar-refractivity contribution is 0.174. The predicted molar refractivity (Wildman–Crippen MR) is 96.7 cm³/mol. The second-order valence-corrected chi connectivity index (χ2v) is 5.87. The largest absolute Gasteiger partial charge is 0.504 e. The van der Waals surface area contributed by atoms with Gasteiger partial charge >= 0.3 is 0 Å².